The van der Waals surface area contributed by atoms with Gasteiger partial charge in [0.05, 0.1) is 12.1 Å². The average Bonchev–Trinajstić information content (AvgIpc) is 2.28. The number of carbonyl (C=O) groups excluding carboxylic acids is 1. The first-order valence-corrected chi connectivity index (χ1v) is 6.02. The second kappa shape index (κ2) is 14.1. The zero-order valence-electron chi connectivity index (χ0n) is 11.6. The minimum absolute atomic E-state index is 0. The van der Waals surface area contributed by atoms with Crippen LogP contribution < -0.4 is 67.1 Å². The molecule has 0 heterocycles. The second-order valence-electron chi connectivity index (χ2n) is 4.00. The molecule has 0 radical (unpaired) electrons. The molecule has 6 heteroatoms. The Morgan fingerprint density at radius 2 is 2.11 bits per heavy atom. The molecule has 0 aromatic rings. The van der Waals surface area contributed by atoms with Crippen LogP contribution in [0.2, 0.25) is 0 Å². The summed E-state index contributed by atoms with van der Waals surface area (Å²) in [6.45, 7) is 5.18. The van der Waals surface area contributed by atoms with Gasteiger partial charge in [-0.3, -0.25) is 0 Å². The van der Waals surface area contributed by atoms with Gasteiger partial charge in [-0.15, -0.1) is 0 Å². The van der Waals surface area contributed by atoms with Crippen molar-refractivity contribution in [3.63, 3.8) is 0 Å². The molecule has 0 saturated heterocycles. The van der Waals surface area contributed by atoms with Crippen LogP contribution in [0.1, 0.15) is 26.7 Å². The van der Waals surface area contributed by atoms with E-state index in [-0.39, 0.29) is 57.5 Å². The molecule has 0 fully saturated rings. The van der Waals surface area contributed by atoms with E-state index in [1.165, 1.54) is 0 Å². The quantitative estimate of drug-likeness (QED) is 0.216. The molecule has 0 saturated carbocycles. The van der Waals surface area contributed by atoms with Gasteiger partial charge in [0.25, 0.3) is 0 Å². The summed E-state index contributed by atoms with van der Waals surface area (Å²) >= 11 is 0. The maximum Gasteiger partial charge on any atom is 1.00 e. The Labute approximate surface area is 152 Å². The fourth-order valence-electron chi connectivity index (χ4n) is 1.29. The number of hydrogen-bond donors (Lipinski definition) is 3. The van der Waals surface area contributed by atoms with Gasteiger partial charge in [0.1, 0.15) is 0 Å². The van der Waals surface area contributed by atoms with E-state index in [1.807, 2.05) is 19.1 Å². The van der Waals surface area contributed by atoms with Crippen molar-refractivity contribution in [1.29, 1.82) is 0 Å². The SMILES string of the molecule is C/C=C/CCC(O)CNCCNC(C)C(=O)[O-].[K+]. The molecule has 2 atom stereocenters. The van der Waals surface area contributed by atoms with E-state index < -0.39 is 12.0 Å². The Morgan fingerprint density at radius 1 is 1.44 bits per heavy atom. The molecule has 0 spiro atoms. The minimum atomic E-state index is -1.10. The van der Waals surface area contributed by atoms with Crippen LogP contribution >= 0.6 is 0 Å². The molecular formula is C12H23KN2O3. The maximum absolute atomic E-state index is 10.4. The maximum atomic E-state index is 10.4. The number of carboxylic acid groups (broad SMARTS) is 1. The number of aliphatic hydroxyl groups excluding tert-OH is 1. The van der Waals surface area contributed by atoms with Crippen LogP contribution in [0.15, 0.2) is 12.2 Å². The molecule has 0 aliphatic carbocycles. The zero-order chi connectivity index (χ0) is 13.1. The molecule has 0 rings (SSSR count). The molecular weight excluding hydrogens is 259 g/mol. The summed E-state index contributed by atoms with van der Waals surface area (Å²) < 4.78 is 0. The van der Waals surface area contributed by atoms with E-state index in [2.05, 4.69) is 10.6 Å². The fraction of sp³-hybridized carbons (Fsp3) is 0.750. The van der Waals surface area contributed by atoms with E-state index in [1.54, 1.807) is 6.92 Å². The van der Waals surface area contributed by atoms with Crippen molar-refractivity contribution in [2.75, 3.05) is 19.6 Å². The smallest absolute Gasteiger partial charge is 0.548 e. The number of hydrogen-bond acceptors (Lipinski definition) is 5. The van der Waals surface area contributed by atoms with Crippen molar-refractivity contribution < 1.29 is 66.4 Å². The molecule has 0 amide bonds. The van der Waals surface area contributed by atoms with Gasteiger partial charge in [0.2, 0.25) is 0 Å². The van der Waals surface area contributed by atoms with E-state index in [0.29, 0.717) is 19.6 Å². The van der Waals surface area contributed by atoms with Crippen molar-refractivity contribution in [2.24, 2.45) is 0 Å². The number of rotatable bonds is 10. The summed E-state index contributed by atoms with van der Waals surface area (Å²) in [5.74, 6) is -1.10. The standard InChI is InChI=1S/C12H24N2O3.K/c1-3-4-5-6-11(15)9-13-7-8-14-10(2)12(16)17;/h3-4,10-11,13-15H,5-9H2,1-2H3,(H,16,17);/q;+1/p-1/b4-3+;. The topological polar surface area (TPSA) is 84.4 Å². The largest absolute Gasteiger partial charge is 1.00 e. The third-order valence-electron chi connectivity index (χ3n) is 2.39. The second-order valence-corrected chi connectivity index (χ2v) is 4.00. The van der Waals surface area contributed by atoms with Crippen LogP contribution in [0.5, 0.6) is 0 Å². The van der Waals surface area contributed by atoms with Crippen molar-refractivity contribution in [3.05, 3.63) is 12.2 Å². The number of carbonyl (C=O) groups is 1. The van der Waals surface area contributed by atoms with Crippen molar-refractivity contribution in [2.45, 2.75) is 38.8 Å². The number of nitrogens with one attached hydrogen (secondary N) is 2. The Balaban J connectivity index is 0. The first kappa shape index (κ1) is 21.0. The van der Waals surface area contributed by atoms with E-state index in [9.17, 15) is 15.0 Å². The molecule has 0 aliphatic heterocycles. The van der Waals surface area contributed by atoms with Crippen LogP contribution in [0.25, 0.3) is 0 Å². The van der Waals surface area contributed by atoms with Gasteiger partial charge in [0.15, 0.2) is 0 Å². The van der Waals surface area contributed by atoms with Crippen molar-refractivity contribution in [3.8, 4) is 0 Å². The number of aliphatic hydroxyl groups is 1. The van der Waals surface area contributed by atoms with E-state index >= 15 is 0 Å². The first-order valence-electron chi connectivity index (χ1n) is 6.02. The Morgan fingerprint density at radius 3 is 2.67 bits per heavy atom. The van der Waals surface area contributed by atoms with Crippen LogP contribution in [-0.4, -0.2) is 42.9 Å². The molecule has 18 heavy (non-hydrogen) atoms. The Bertz CT molecular complexity index is 237. The first-order chi connectivity index (χ1) is 8.07. The summed E-state index contributed by atoms with van der Waals surface area (Å²) in [7, 11) is 0. The predicted octanol–water partition coefficient (Wildman–Crippen LogP) is -3.97. The van der Waals surface area contributed by atoms with Gasteiger partial charge in [0, 0.05) is 25.7 Å². The fourth-order valence-corrected chi connectivity index (χ4v) is 1.29. The van der Waals surface area contributed by atoms with Gasteiger partial charge in [-0.05, 0) is 26.7 Å². The van der Waals surface area contributed by atoms with Gasteiger partial charge in [-0.2, -0.15) is 0 Å². The molecule has 3 N–H and O–H groups in total. The van der Waals surface area contributed by atoms with Gasteiger partial charge in [-0.25, -0.2) is 0 Å². The molecule has 0 aliphatic rings. The van der Waals surface area contributed by atoms with Crippen LogP contribution in [0.3, 0.4) is 0 Å². The summed E-state index contributed by atoms with van der Waals surface area (Å²) in [6, 6.07) is -0.642. The van der Waals surface area contributed by atoms with E-state index in [0.717, 1.165) is 12.8 Å². The molecule has 0 aromatic carbocycles. The third kappa shape index (κ3) is 13.2. The Kier molecular flexibility index (Phi) is 16.5. The normalized spacial score (nSPS) is 14.2. The third-order valence-corrected chi connectivity index (χ3v) is 2.39. The number of carboxylic acids is 1. The van der Waals surface area contributed by atoms with Crippen LogP contribution in [0, 0.1) is 0 Å². The number of aliphatic carboxylic acids is 1. The van der Waals surface area contributed by atoms with Gasteiger partial charge < -0.3 is 25.6 Å². The van der Waals surface area contributed by atoms with Crippen molar-refractivity contribution in [1.82, 2.24) is 10.6 Å². The van der Waals surface area contributed by atoms with Gasteiger partial charge >= 0.3 is 51.4 Å². The molecule has 2 unspecified atom stereocenters. The molecule has 100 valence electrons. The number of allylic oxidation sites excluding steroid dienone is 2. The monoisotopic (exact) mass is 282 g/mol. The minimum Gasteiger partial charge on any atom is -0.548 e. The van der Waals surface area contributed by atoms with Crippen LogP contribution in [0.4, 0.5) is 0 Å². The summed E-state index contributed by atoms with van der Waals surface area (Å²) in [4.78, 5) is 10.4. The average molecular weight is 282 g/mol. The van der Waals surface area contributed by atoms with Crippen molar-refractivity contribution >= 4 is 5.97 Å². The molecule has 0 aromatic heterocycles. The van der Waals surface area contributed by atoms with Crippen LogP contribution in [-0.2, 0) is 4.79 Å². The predicted molar refractivity (Wildman–Crippen MR) is 65.4 cm³/mol. The van der Waals surface area contributed by atoms with Gasteiger partial charge in [-0.1, -0.05) is 12.2 Å². The summed E-state index contributed by atoms with van der Waals surface area (Å²) in [6.07, 6.45) is 5.24. The summed E-state index contributed by atoms with van der Waals surface area (Å²) in [5.41, 5.74) is 0. The molecule has 0 bridgehead atoms. The Hall–Kier alpha value is 0.726. The van der Waals surface area contributed by atoms with E-state index in [4.69, 9.17) is 0 Å². The summed E-state index contributed by atoms with van der Waals surface area (Å²) in [5, 5.41) is 25.8. The molecule has 5 nitrogen and oxygen atoms in total. The zero-order valence-corrected chi connectivity index (χ0v) is 14.7.